The topological polar surface area (TPSA) is 44.5 Å². The van der Waals surface area contributed by atoms with Crippen LogP contribution in [0.3, 0.4) is 0 Å². The van der Waals surface area contributed by atoms with Crippen molar-refractivity contribution >= 4 is 53.5 Å². The van der Waals surface area contributed by atoms with E-state index in [0.717, 1.165) is 19.2 Å². The Morgan fingerprint density at radius 2 is 1.42 bits per heavy atom. The zero-order chi connectivity index (χ0) is 14.0. The molecule has 0 amide bonds. The molecule has 2 aromatic rings. The van der Waals surface area contributed by atoms with Crippen molar-refractivity contribution in [3.63, 3.8) is 0 Å². The van der Waals surface area contributed by atoms with E-state index in [2.05, 4.69) is 47.8 Å². The molecule has 0 radical (unpaired) electrons. The van der Waals surface area contributed by atoms with Crippen LogP contribution in [0.15, 0.2) is 43.7 Å². The molecule has 0 aliphatic heterocycles. The first-order valence-electron chi connectivity index (χ1n) is 5.27. The largest absolute Gasteiger partial charge is 0.496 e. The van der Waals surface area contributed by atoms with E-state index in [-0.39, 0.29) is 0 Å². The standard InChI is InChI=1S/C13H10Br3NO2/c1-18-12-5-10(16)13(6-9(12)15)19-11-3-2-7(17)4-8(11)14/h2-6H,17H2,1H3. The summed E-state index contributed by atoms with van der Waals surface area (Å²) in [5, 5.41) is 0. The van der Waals surface area contributed by atoms with Gasteiger partial charge in [0.25, 0.3) is 0 Å². The number of nitrogens with two attached hydrogens (primary N) is 1. The molecule has 0 bridgehead atoms. The number of ether oxygens (including phenoxy) is 2. The van der Waals surface area contributed by atoms with Crippen molar-refractivity contribution in [3.8, 4) is 17.2 Å². The minimum absolute atomic E-state index is 0.675. The number of anilines is 1. The molecule has 0 saturated heterocycles. The van der Waals surface area contributed by atoms with Crippen LogP contribution in [0.2, 0.25) is 0 Å². The maximum absolute atomic E-state index is 5.84. The molecule has 19 heavy (non-hydrogen) atoms. The SMILES string of the molecule is COc1cc(Br)c(Oc2ccc(N)cc2Br)cc1Br. The van der Waals surface area contributed by atoms with Crippen LogP contribution in [-0.4, -0.2) is 7.11 Å². The van der Waals surface area contributed by atoms with Crippen molar-refractivity contribution in [2.75, 3.05) is 12.8 Å². The molecule has 0 unspecified atom stereocenters. The van der Waals surface area contributed by atoms with E-state index in [9.17, 15) is 0 Å². The van der Waals surface area contributed by atoms with Crippen LogP contribution in [0.4, 0.5) is 5.69 Å². The normalized spacial score (nSPS) is 10.3. The molecule has 6 heteroatoms. The lowest BCUT2D eigenvalue weighted by atomic mass is 10.3. The Bertz CT molecular complexity index is 617. The van der Waals surface area contributed by atoms with Crippen LogP contribution in [0.5, 0.6) is 17.2 Å². The molecule has 0 aromatic heterocycles. The van der Waals surface area contributed by atoms with Crippen LogP contribution < -0.4 is 15.2 Å². The van der Waals surface area contributed by atoms with Crippen LogP contribution in [0.25, 0.3) is 0 Å². The molecule has 2 N–H and O–H groups in total. The third-order valence-corrected chi connectivity index (χ3v) is 4.24. The van der Waals surface area contributed by atoms with Gasteiger partial charge in [-0.25, -0.2) is 0 Å². The highest BCUT2D eigenvalue weighted by Gasteiger charge is 2.10. The van der Waals surface area contributed by atoms with Gasteiger partial charge in [-0.05, 0) is 78.1 Å². The lowest BCUT2D eigenvalue weighted by molar-refractivity contribution is 0.409. The van der Waals surface area contributed by atoms with E-state index in [0.29, 0.717) is 17.2 Å². The summed E-state index contributed by atoms with van der Waals surface area (Å²) in [6, 6.07) is 9.06. The van der Waals surface area contributed by atoms with Crippen molar-refractivity contribution in [1.82, 2.24) is 0 Å². The summed E-state index contributed by atoms with van der Waals surface area (Å²) in [4.78, 5) is 0. The van der Waals surface area contributed by atoms with E-state index in [1.54, 1.807) is 19.2 Å². The average molecular weight is 452 g/mol. The van der Waals surface area contributed by atoms with E-state index in [1.165, 1.54) is 0 Å². The van der Waals surface area contributed by atoms with Gasteiger partial charge in [0.15, 0.2) is 0 Å². The Balaban J connectivity index is 2.35. The number of hydrogen-bond acceptors (Lipinski definition) is 3. The van der Waals surface area contributed by atoms with Gasteiger partial charge in [0, 0.05) is 5.69 Å². The highest BCUT2D eigenvalue weighted by molar-refractivity contribution is 9.11. The fourth-order valence-corrected chi connectivity index (χ4v) is 2.83. The van der Waals surface area contributed by atoms with Gasteiger partial charge < -0.3 is 15.2 Å². The highest BCUT2D eigenvalue weighted by Crippen LogP contribution is 2.40. The number of rotatable bonds is 3. The van der Waals surface area contributed by atoms with Crippen molar-refractivity contribution in [2.24, 2.45) is 0 Å². The zero-order valence-corrected chi connectivity index (χ0v) is 14.7. The number of benzene rings is 2. The third-order valence-electron chi connectivity index (χ3n) is 2.38. The Morgan fingerprint density at radius 3 is 2.05 bits per heavy atom. The highest BCUT2D eigenvalue weighted by atomic mass is 79.9. The number of nitrogen functional groups attached to an aromatic ring is 1. The second-order valence-electron chi connectivity index (χ2n) is 3.71. The maximum atomic E-state index is 5.84. The molecule has 100 valence electrons. The molecule has 0 aliphatic rings. The quantitative estimate of drug-likeness (QED) is 0.639. The van der Waals surface area contributed by atoms with Crippen LogP contribution in [0.1, 0.15) is 0 Å². The summed E-state index contributed by atoms with van der Waals surface area (Å²) in [7, 11) is 1.61. The number of halogens is 3. The van der Waals surface area contributed by atoms with E-state index in [4.69, 9.17) is 15.2 Å². The third kappa shape index (κ3) is 3.43. The van der Waals surface area contributed by atoms with Crippen molar-refractivity contribution in [3.05, 3.63) is 43.7 Å². The maximum Gasteiger partial charge on any atom is 0.143 e. The molecule has 0 fully saturated rings. The van der Waals surface area contributed by atoms with Crippen LogP contribution >= 0.6 is 47.8 Å². The van der Waals surface area contributed by atoms with E-state index in [1.807, 2.05) is 18.2 Å². The predicted octanol–water partition coefficient (Wildman–Crippen LogP) is 5.36. The number of methoxy groups -OCH3 is 1. The lowest BCUT2D eigenvalue weighted by Gasteiger charge is -2.12. The van der Waals surface area contributed by atoms with E-state index >= 15 is 0 Å². The fourth-order valence-electron chi connectivity index (χ4n) is 1.46. The number of hydrogen-bond donors (Lipinski definition) is 1. The molecule has 2 rings (SSSR count). The molecular formula is C13H10Br3NO2. The Labute approximate surface area is 136 Å². The predicted molar refractivity (Wildman–Crippen MR) is 87.0 cm³/mol. The molecular weight excluding hydrogens is 442 g/mol. The van der Waals surface area contributed by atoms with Crippen molar-refractivity contribution < 1.29 is 9.47 Å². The molecule has 0 saturated carbocycles. The van der Waals surface area contributed by atoms with Gasteiger partial charge in [-0.15, -0.1) is 0 Å². The molecule has 0 aliphatic carbocycles. The fraction of sp³-hybridized carbons (Fsp3) is 0.0769. The van der Waals surface area contributed by atoms with Gasteiger partial charge in [0.2, 0.25) is 0 Å². The summed E-state index contributed by atoms with van der Waals surface area (Å²) in [5.74, 6) is 2.10. The first-order chi connectivity index (χ1) is 9.01. The zero-order valence-electron chi connectivity index (χ0n) is 9.91. The minimum atomic E-state index is 0.675. The van der Waals surface area contributed by atoms with Crippen molar-refractivity contribution in [2.45, 2.75) is 0 Å². The summed E-state index contributed by atoms with van der Waals surface area (Å²) < 4.78 is 13.5. The van der Waals surface area contributed by atoms with Crippen molar-refractivity contribution in [1.29, 1.82) is 0 Å². The van der Waals surface area contributed by atoms with Gasteiger partial charge in [-0.1, -0.05) is 0 Å². The van der Waals surface area contributed by atoms with Crippen LogP contribution in [0, 0.1) is 0 Å². The summed E-state index contributed by atoms with van der Waals surface area (Å²) in [6.07, 6.45) is 0. The minimum Gasteiger partial charge on any atom is -0.496 e. The first-order valence-corrected chi connectivity index (χ1v) is 7.65. The molecule has 0 heterocycles. The Kier molecular flexibility index (Phi) is 4.76. The average Bonchev–Trinajstić information content (AvgIpc) is 2.36. The van der Waals surface area contributed by atoms with Gasteiger partial charge in [0.1, 0.15) is 17.2 Å². The second-order valence-corrected chi connectivity index (χ2v) is 6.27. The second kappa shape index (κ2) is 6.15. The van der Waals surface area contributed by atoms with Gasteiger partial charge >= 0.3 is 0 Å². The molecule has 0 atom stereocenters. The summed E-state index contributed by atoms with van der Waals surface area (Å²) in [5.41, 5.74) is 6.37. The van der Waals surface area contributed by atoms with Gasteiger partial charge in [0.05, 0.1) is 20.5 Å². The monoisotopic (exact) mass is 449 g/mol. The first kappa shape index (κ1) is 14.7. The smallest absolute Gasteiger partial charge is 0.143 e. The van der Waals surface area contributed by atoms with Crippen LogP contribution in [-0.2, 0) is 0 Å². The molecule has 0 spiro atoms. The molecule has 2 aromatic carbocycles. The summed E-state index contributed by atoms with van der Waals surface area (Å²) >= 11 is 10.3. The lowest BCUT2D eigenvalue weighted by Crippen LogP contribution is -1.91. The summed E-state index contributed by atoms with van der Waals surface area (Å²) in [6.45, 7) is 0. The van der Waals surface area contributed by atoms with E-state index < -0.39 is 0 Å². The molecule has 3 nitrogen and oxygen atoms in total. The Hall–Kier alpha value is -0.720. The van der Waals surface area contributed by atoms with Gasteiger partial charge in [-0.2, -0.15) is 0 Å². The Morgan fingerprint density at radius 1 is 0.842 bits per heavy atom. The van der Waals surface area contributed by atoms with Gasteiger partial charge in [-0.3, -0.25) is 0 Å².